The fraction of sp³-hybridized carbons (Fsp3) is 0.455. The number of H-pyrrole nitrogens is 1. The number of fused-ring (bicyclic) bond motifs is 2. The maximum atomic E-state index is 13.5. The predicted octanol–water partition coefficient (Wildman–Crippen LogP) is 2.73. The zero-order valence-electron chi connectivity index (χ0n) is 17.1. The number of aromatic nitrogens is 3. The summed E-state index contributed by atoms with van der Waals surface area (Å²) in [5, 5.41) is 10.4. The van der Waals surface area contributed by atoms with Gasteiger partial charge in [-0.15, -0.1) is 0 Å². The molecule has 0 saturated carbocycles. The summed E-state index contributed by atoms with van der Waals surface area (Å²) >= 11 is 6.51. The van der Waals surface area contributed by atoms with E-state index in [9.17, 15) is 9.50 Å². The Balaban J connectivity index is 1.23. The molecule has 0 amide bonds. The lowest BCUT2D eigenvalue weighted by Gasteiger charge is -2.17. The molecule has 3 fully saturated rings. The van der Waals surface area contributed by atoms with Crippen molar-refractivity contribution in [1.29, 1.82) is 0 Å². The van der Waals surface area contributed by atoms with Crippen LogP contribution >= 0.6 is 11.6 Å². The standard InChI is InChI=1S/C22H22ClFN4O4/c23-14-7-15-21(27-22(25-15)32-17-10-31-19-16(29)9-30-20(17)19)26-18(14)11-1-3-13(4-2-11)28-6-5-12(24)8-28/h1-4,7,12,16-17,19-20,29H,5-6,8-10H2,(H,25,26,27)/t12-,16+,17+,19?,20?/m0/s1. The van der Waals surface area contributed by atoms with Crippen molar-refractivity contribution in [1.82, 2.24) is 15.0 Å². The van der Waals surface area contributed by atoms with Crippen molar-refractivity contribution in [2.75, 3.05) is 31.2 Å². The van der Waals surface area contributed by atoms with Crippen molar-refractivity contribution in [2.45, 2.75) is 37.0 Å². The minimum Gasteiger partial charge on any atom is -0.456 e. The van der Waals surface area contributed by atoms with Crippen molar-refractivity contribution in [3.05, 3.63) is 35.4 Å². The Kier molecular flexibility index (Phi) is 4.94. The van der Waals surface area contributed by atoms with Crippen LogP contribution in [0.5, 0.6) is 6.01 Å². The summed E-state index contributed by atoms with van der Waals surface area (Å²) in [5.41, 5.74) is 3.57. The Bertz CT molecular complexity index is 1140. The van der Waals surface area contributed by atoms with Gasteiger partial charge < -0.3 is 29.2 Å². The Hall–Kier alpha value is -2.46. The molecule has 0 aliphatic carbocycles. The minimum absolute atomic E-state index is 0.237. The number of rotatable bonds is 4. The molecule has 1 aromatic carbocycles. The van der Waals surface area contributed by atoms with Gasteiger partial charge >= 0.3 is 0 Å². The lowest BCUT2D eigenvalue weighted by atomic mass is 10.1. The van der Waals surface area contributed by atoms with Crippen LogP contribution in [0.4, 0.5) is 10.1 Å². The van der Waals surface area contributed by atoms with E-state index in [4.69, 9.17) is 25.8 Å². The first kappa shape index (κ1) is 20.2. The number of aliphatic hydroxyl groups excluding tert-OH is 1. The Morgan fingerprint density at radius 1 is 1.16 bits per heavy atom. The quantitative estimate of drug-likeness (QED) is 0.618. The average Bonchev–Trinajstić information content (AvgIpc) is 3.55. The number of hydrogen-bond donors (Lipinski definition) is 2. The summed E-state index contributed by atoms with van der Waals surface area (Å²) in [5.74, 6) is 0. The third kappa shape index (κ3) is 3.49. The molecule has 0 bridgehead atoms. The van der Waals surface area contributed by atoms with E-state index >= 15 is 0 Å². The largest absolute Gasteiger partial charge is 0.456 e. The second-order valence-electron chi connectivity index (χ2n) is 8.43. The van der Waals surface area contributed by atoms with Gasteiger partial charge in [0.05, 0.1) is 29.4 Å². The summed E-state index contributed by atoms with van der Waals surface area (Å²) in [4.78, 5) is 14.2. The first-order chi connectivity index (χ1) is 15.5. The lowest BCUT2D eigenvalue weighted by Crippen LogP contribution is -2.34. The molecule has 32 heavy (non-hydrogen) atoms. The molecular formula is C22H22ClFN4O4. The van der Waals surface area contributed by atoms with E-state index in [0.29, 0.717) is 47.5 Å². The summed E-state index contributed by atoms with van der Waals surface area (Å²) in [7, 11) is 0. The topological polar surface area (TPSA) is 92.7 Å². The number of benzene rings is 1. The average molecular weight is 461 g/mol. The third-order valence-corrected chi connectivity index (χ3v) is 6.57. The maximum absolute atomic E-state index is 13.5. The number of halogens is 2. The van der Waals surface area contributed by atoms with Crippen LogP contribution in [-0.2, 0) is 9.47 Å². The summed E-state index contributed by atoms with van der Waals surface area (Å²) in [6, 6.07) is 9.85. The molecule has 5 heterocycles. The molecule has 0 radical (unpaired) electrons. The van der Waals surface area contributed by atoms with Gasteiger partial charge in [0.2, 0.25) is 0 Å². The monoisotopic (exact) mass is 460 g/mol. The van der Waals surface area contributed by atoms with Crippen LogP contribution in [0.25, 0.3) is 22.4 Å². The summed E-state index contributed by atoms with van der Waals surface area (Å²) < 4.78 is 30.6. The molecule has 6 rings (SSSR count). The zero-order valence-corrected chi connectivity index (χ0v) is 17.8. The van der Waals surface area contributed by atoms with Crippen LogP contribution in [0.15, 0.2) is 30.3 Å². The van der Waals surface area contributed by atoms with Crippen molar-refractivity contribution in [3.63, 3.8) is 0 Å². The van der Waals surface area contributed by atoms with E-state index in [1.54, 1.807) is 6.07 Å². The van der Waals surface area contributed by atoms with Crippen LogP contribution in [0.1, 0.15) is 6.42 Å². The smallest absolute Gasteiger partial charge is 0.296 e. The van der Waals surface area contributed by atoms with Crippen molar-refractivity contribution in [3.8, 4) is 17.3 Å². The maximum Gasteiger partial charge on any atom is 0.296 e. The number of pyridine rings is 1. The van der Waals surface area contributed by atoms with Gasteiger partial charge in [-0.25, -0.2) is 9.37 Å². The van der Waals surface area contributed by atoms with Crippen LogP contribution in [-0.4, -0.2) is 76.9 Å². The number of nitrogens with one attached hydrogen (secondary N) is 1. The molecule has 2 aromatic heterocycles. The number of anilines is 1. The van der Waals surface area contributed by atoms with Gasteiger partial charge in [0, 0.05) is 24.3 Å². The molecule has 3 saturated heterocycles. The molecule has 8 nitrogen and oxygen atoms in total. The fourth-order valence-corrected chi connectivity index (χ4v) is 4.89. The Morgan fingerprint density at radius 3 is 2.75 bits per heavy atom. The fourth-order valence-electron chi connectivity index (χ4n) is 4.62. The predicted molar refractivity (Wildman–Crippen MR) is 116 cm³/mol. The van der Waals surface area contributed by atoms with Crippen molar-refractivity contribution >= 4 is 28.5 Å². The van der Waals surface area contributed by atoms with Gasteiger partial charge in [0.1, 0.15) is 24.5 Å². The number of hydrogen-bond acceptors (Lipinski definition) is 7. The van der Waals surface area contributed by atoms with Gasteiger partial charge in [0.25, 0.3) is 6.01 Å². The van der Waals surface area contributed by atoms with E-state index in [-0.39, 0.29) is 24.9 Å². The van der Waals surface area contributed by atoms with Gasteiger partial charge in [-0.3, -0.25) is 0 Å². The lowest BCUT2D eigenvalue weighted by molar-refractivity contribution is 0.00706. The second-order valence-corrected chi connectivity index (χ2v) is 8.84. The van der Waals surface area contributed by atoms with Gasteiger partial charge in [-0.2, -0.15) is 4.98 Å². The SMILES string of the molecule is O[C@@H]1COC2C1OC[C@H]2Oc1nc2nc(-c3ccc(N4CC[C@H](F)C4)cc3)c(Cl)cc2[nH]1. The van der Waals surface area contributed by atoms with E-state index < -0.39 is 12.3 Å². The van der Waals surface area contributed by atoms with Crippen LogP contribution < -0.4 is 9.64 Å². The molecule has 3 aromatic rings. The number of aliphatic hydroxyl groups is 1. The number of imidazole rings is 1. The minimum atomic E-state index is -0.767. The normalized spacial score (nSPS) is 29.7. The first-order valence-corrected chi connectivity index (χ1v) is 11.1. The highest BCUT2D eigenvalue weighted by molar-refractivity contribution is 6.33. The molecule has 10 heteroatoms. The van der Waals surface area contributed by atoms with Gasteiger partial charge in [-0.1, -0.05) is 23.7 Å². The van der Waals surface area contributed by atoms with E-state index in [2.05, 4.69) is 15.0 Å². The second kappa shape index (κ2) is 7.84. The molecule has 3 aliphatic rings. The highest BCUT2D eigenvalue weighted by Crippen LogP contribution is 2.33. The molecular weight excluding hydrogens is 439 g/mol. The third-order valence-electron chi connectivity index (χ3n) is 6.29. The van der Waals surface area contributed by atoms with Crippen molar-refractivity contribution in [2.24, 2.45) is 0 Å². The highest BCUT2D eigenvalue weighted by Gasteiger charge is 2.48. The van der Waals surface area contributed by atoms with E-state index in [0.717, 1.165) is 17.8 Å². The van der Waals surface area contributed by atoms with E-state index in [1.807, 2.05) is 29.2 Å². The molecule has 3 aliphatic heterocycles. The number of ether oxygens (including phenoxy) is 3. The van der Waals surface area contributed by atoms with Crippen molar-refractivity contribution < 1.29 is 23.7 Å². The Morgan fingerprint density at radius 2 is 1.97 bits per heavy atom. The number of alkyl halides is 1. The van der Waals surface area contributed by atoms with Crippen LogP contribution in [0.2, 0.25) is 5.02 Å². The molecule has 2 N–H and O–H groups in total. The molecule has 0 spiro atoms. The molecule has 5 atom stereocenters. The van der Waals surface area contributed by atoms with Gasteiger partial charge in [0.15, 0.2) is 11.8 Å². The Labute approximate surface area is 188 Å². The number of nitrogens with zero attached hydrogens (tertiary/aromatic N) is 3. The van der Waals surface area contributed by atoms with Crippen LogP contribution in [0, 0.1) is 0 Å². The summed E-state index contributed by atoms with van der Waals surface area (Å²) in [6.07, 6.45) is -1.90. The molecule has 2 unspecified atom stereocenters. The number of aromatic amines is 1. The van der Waals surface area contributed by atoms with Crippen LogP contribution in [0.3, 0.4) is 0 Å². The molecule has 168 valence electrons. The highest BCUT2D eigenvalue weighted by atomic mass is 35.5. The van der Waals surface area contributed by atoms with Gasteiger partial charge in [-0.05, 0) is 24.6 Å². The van der Waals surface area contributed by atoms with E-state index in [1.165, 1.54) is 0 Å². The zero-order chi connectivity index (χ0) is 21.8. The first-order valence-electron chi connectivity index (χ1n) is 10.7. The summed E-state index contributed by atoms with van der Waals surface area (Å²) in [6.45, 7) is 1.70.